The van der Waals surface area contributed by atoms with Gasteiger partial charge in [0.25, 0.3) is 5.56 Å². The van der Waals surface area contributed by atoms with Crippen molar-refractivity contribution in [2.24, 2.45) is 0 Å². The zero-order valence-corrected chi connectivity index (χ0v) is 16.5. The van der Waals surface area contributed by atoms with Crippen LogP contribution in [0.1, 0.15) is 29.7 Å². The van der Waals surface area contributed by atoms with Crippen molar-refractivity contribution in [1.29, 1.82) is 0 Å². The number of anilines is 2. The number of fused-ring (bicyclic) bond motifs is 2. The van der Waals surface area contributed by atoms with E-state index < -0.39 is 6.04 Å². The molecule has 1 atom stereocenters. The Balaban J connectivity index is 1.75. The Kier molecular flexibility index (Phi) is 4.27. The Labute approximate surface area is 171 Å². The van der Waals surface area contributed by atoms with Gasteiger partial charge in [0.05, 0.1) is 12.8 Å². The molecule has 1 aliphatic rings. The van der Waals surface area contributed by atoms with Crippen molar-refractivity contribution in [2.75, 3.05) is 12.4 Å². The van der Waals surface area contributed by atoms with Crippen LogP contribution in [0.5, 0.6) is 5.75 Å². The summed E-state index contributed by atoms with van der Waals surface area (Å²) in [6, 6.07) is 15.4. The number of aromatic nitrogens is 6. The third kappa shape index (κ3) is 2.83. The van der Waals surface area contributed by atoms with E-state index in [0.717, 1.165) is 23.3 Å². The van der Waals surface area contributed by atoms with Gasteiger partial charge in [-0.25, -0.2) is 5.10 Å². The van der Waals surface area contributed by atoms with Crippen molar-refractivity contribution in [3.05, 3.63) is 75.6 Å². The minimum Gasteiger partial charge on any atom is -0.497 e. The number of aryl methyl sites for hydroxylation is 1. The van der Waals surface area contributed by atoms with Crippen LogP contribution in [0.3, 0.4) is 0 Å². The van der Waals surface area contributed by atoms with Crippen LogP contribution in [-0.2, 0) is 6.42 Å². The molecule has 0 saturated carbocycles. The maximum absolute atomic E-state index is 12.7. The molecule has 0 radical (unpaired) electrons. The molecule has 5 rings (SSSR count). The van der Waals surface area contributed by atoms with Crippen molar-refractivity contribution in [1.82, 2.24) is 30.4 Å². The van der Waals surface area contributed by atoms with E-state index in [0.29, 0.717) is 22.9 Å². The van der Waals surface area contributed by atoms with Crippen LogP contribution >= 0.6 is 0 Å². The van der Waals surface area contributed by atoms with Crippen molar-refractivity contribution in [3.63, 3.8) is 0 Å². The van der Waals surface area contributed by atoms with Crippen LogP contribution in [0, 0.1) is 0 Å². The van der Waals surface area contributed by atoms with Crippen LogP contribution in [0.15, 0.2) is 53.3 Å². The lowest BCUT2D eigenvalue weighted by Crippen LogP contribution is -2.29. The van der Waals surface area contributed by atoms with Gasteiger partial charge in [-0.3, -0.25) is 4.79 Å². The molecular formula is C21H19N7O2. The van der Waals surface area contributed by atoms with Gasteiger partial charge < -0.3 is 10.1 Å². The summed E-state index contributed by atoms with van der Waals surface area (Å²) in [5, 5.41) is 22.1. The molecule has 0 saturated heterocycles. The quantitative estimate of drug-likeness (QED) is 0.476. The minimum absolute atomic E-state index is 0.327. The van der Waals surface area contributed by atoms with Gasteiger partial charge >= 0.3 is 0 Å². The topological polar surface area (TPSA) is 111 Å². The van der Waals surface area contributed by atoms with E-state index in [9.17, 15) is 4.79 Å². The summed E-state index contributed by atoms with van der Waals surface area (Å²) >= 11 is 0. The molecule has 0 fully saturated rings. The first kappa shape index (κ1) is 18.0. The van der Waals surface area contributed by atoms with Crippen molar-refractivity contribution in [2.45, 2.75) is 19.4 Å². The van der Waals surface area contributed by atoms with Crippen molar-refractivity contribution in [3.8, 4) is 17.0 Å². The molecule has 0 aliphatic carbocycles. The maximum atomic E-state index is 12.7. The first-order valence-electron chi connectivity index (χ1n) is 9.60. The lowest BCUT2D eigenvalue weighted by molar-refractivity contribution is 0.415. The molecule has 150 valence electrons. The zero-order chi connectivity index (χ0) is 20.7. The van der Waals surface area contributed by atoms with E-state index in [-0.39, 0.29) is 5.56 Å². The molecule has 2 N–H and O–H groups in total. The molecule has 9 heteroatoms. The van der Waals surface area contributed by atoms with E-state index in [1.807, 2.05) is 36.4 Å². The fourth-order valence-corrected chi connectivity index (χ4v) is 3.75. The van der Waals surface area contributed by atoms with E-state index >= 15 is 0 Å². The number of methoxy groups -OCH3 is 1. The van der Waals surface area contributed by atoms with Crippen LogP contribution in [0.4, 0.5) is 11.6 Å². The number of nitrogens with one attached hydrogen (secondary N) is 2. The highest BCUT2D eigenvalue weighted by Crippen LogP contribution is 2.41. The number of hydrogen-bond donors (Lipinski definition) is 2. The average Bonchev–Trinajstić information content (AvgIpc) is 3.27. The first-order valence-corrected chi connectivity index (χ1v) is 9.60. The summed E-state index contributed by atoms with van der Waals surface area (Å²) < 4.78 is 6.94. The fourth-order valence-electron chi connectivity index (χ4n) is 3.75. The van der Waals surface area contributed by atoms with Gasteiger partial charge in [0.1, 0.15) is 17.5 Å². The molecule has 4 aromatic rings. The Hall–Kier alpha value is -4.01. The van der Waals surface area contributed by atoms with Crippen LogP contribution in [0.2, 0.25) is 0 Å². The predicted octanol–water partition coefficient (Wildman–Crippen LogP) is 2.69. The van der Waals surface area contributed by atoms with Crippen LogP contribution < -0.4 is 15.6 Å². The van der Waals surface area contributed by atoms with Crippen molar-refractivity contribution >= 4 is 11.6 Å². The summed E-state index contributed by atoms with van der Waals surface area (Å²) in [6.45, 7) is 2.11. The standard InChI is InChI=1S/C21H19N7O2/c1-3-12-4-6-14(7-5-12)19-16-17(13-8-10-15(30-2)11-9-13)23-24-20(29)18(16)22-21-25-26-27-28(19)21/h4-11,19H,3H2,1-2H3,(H,24,29)(H,22,25,27)/t19-/m0/s1. The Morgan fingerprint density at radius 2 is 1.87 bits per heavy atom. The summed E-state index contributed by atoms with van der Waals surface area (Å²) in [4.78, 5) is 12.7. The number of hydrogen-bond acceptors (Lipinski definition) is 7. The van der Waals surface area contributed by atoms with Gasteiger partial charge in [-0.05, 0) is 52.2 Å². The molecule has 2 aromatic carbocycles. The number of aromatic amines is 1. The summed E-state index contributed by atoms with van der Waals surface area (Å²) in [5.41, 5.74) is 4.46. The zero-order valence-electron chi connectivity index (χ0n) is 16.5. The van der Waals surface area contributed by atoms with Crippen molar-refractivity contribution < 1.29 is 4.74 Å². The first-order chi connectivity index (χ1) is 14.7. The van der Waals surface area contributed by atoms with E-state index in [1.54, 1.807) is 11.8 Å². The summed E-state index contributed by atoms with van der Waals surface area (Å²) in [6.07, 6.45) is 0.942. The molecular weight excluding hydrogens is 382 g/mol. The lowest BCUT2D eigenvalue weighted by atomic mass is 9.92. The third-order valence-corrected chi connectivity index (χ3v) is 5.34. The highest BCUT2D eigenvalue weighted by Gasteiger charge is 2.34. The molecule has 1 aliphatic heterocycles. The Bertz CT molecular complexity index is 1260. The number of benzene rings is 2. The van der Waals surface area contributed by atoms with Gasteiger partial charge in [0.15, 0.2) is 0 Å². The van der Waals surface area contributed by atoms with Gasteiger partial charge in [0.2, 0.25) is 5.95 Å². The Morgan fingerprint density at radius 1 is 1.10 bits per heavy atom. The SMILES string of the molecule is CCc1ccc([C@H]2c3c(-c4ccc(OC)cc4)n[nH]c(=O)c3Nc3nnnn32)cc1. The second-order valence-corrected chi connectivity index (χ2v) is 6.99. The minimum atomic E-state index is -0.399. The summed E-state index contributed by atoms with van der Waals surface area (Å²) in [5.74, 6) is 1.15. The van der Waals surface area contributed by atoms with Gasteiger partial charge in [-0.1, -0.05) is 36.3 Å². The van der Waals surface area contributed by atoms with Gasteiger partial charge in [0, 0.05) is 11.1 Å². The number of tetrazole rings is 1. The molecule has 9 nitrogen and oxygen atoms in total. The summed E-state index contributed by atoms with van der Waals surface area (Å²) in [7, 11) is 1.62. The van der Waals surface area contributed by atoms with E-state index in [1.165, 1.54) is 5.56 Å². The lowest BCUT2D eigenvalue weighted by Gasteiger charge is -2.28. The fraction of sp³-hybridized carbons (Fsp3) is 0.190. The maximum Gasteiger partial charge on any atom is 0.288 e. The number of H-pyrrole nitrogens is 1. The van der Waals surface area contributed by atoms with Crippen LogP contribution in [-0.4, -0.2) is 37.5 Å². The molecule has 0 unspecified atom stereocenters. The highest BCUT2D eigenvalue weighted by atomic mass is 16.5. The van der Waals surface area contributed by atoms with Gasteiger partial charge in [-0.2, -0.15) is 9.78 Å². The van der Waals surface area contributed by atoms with Crippen LogP contribution in [0.25, 0.3) is 11.3 Å². The smallest absolute Gasteiger partial charge is 0.288 e. The van der Waals surface area contributed by atoms with Gasteiger partial charge in [-0.15, -0.1) is 0 Å². The molecule has 0 amide bonds. The largest absolute Gasteiger partial charge is 0.497 e. The molecule has 3 heterocycles. The molecule has 0 bridgehead atoms. The highest BCUT2D eigenvalue weighted by molar-refractivity contribution is 5.75. The predicted molar refractivity (Wildman–Crippen MR) is 111 cm³/mol. The number of rotatable bonds is 4. The number of nitrogens with zero attached hydrogens (tertiary/aromatic N) is 5. The monoisotopic (exact) mass is 401 g/mol. The normalized spacial score (nSPS) is 14.5. The second-order valence-electron chi connectivity index (χ2n) is 6.99. The second kappa shape index (κ2) is 7.11. The third-order valence-electron chi connectivity index (χ3n) is 5.34. The number of ether oxygens (including phenoxy) is 1. The average molecular weight is 401 g/mol. The molecule has 0 spiro atoms. The molecule has 2 aromatic heterocycles. The Morgan fingerprint density at radius 3 is 2.57 bits per heavy atom. The van der Waals surface area contributed by atoms with E-state index in [4.69, 9.17) is 4.74 Å². The molecule has 30 heavy (non-hydrogen) atoms. The van der Waals surface area contributed by atoms with E-state index in [2.05, 4.69) is 50.1 Å².